The van der Waals surface area contributed by atoms with Crippen molar-refractivity contribution in [3.8, 4) is 17.2 Å². The van der Waals surface area contributed by atoms with Crippen molar-refractivity contribution < 1.29 is 4.74 Å². The Hall–Kier alpha value is -6.98. The highest BCUT2D eigenvalue weighted by molar-refractivity contribution is 6.99. The van der Waals surface area contributed by atoms with Crippen LogP contribution in [-0.2, 0) is 0 Å². The van der Waals surface area contributed by atoms with E-state index >= 15 is 0 Å². The molecule has 0 amide bonds. The first-order valence-electron chi connectivity index (χ1n) is 18.6. The van der Waals surface area contributed by atoms with Crippen LogP contribution in [0.25, 0.3) is 27.5 Å². The molecule has 4 nitrogen and oxygen atoms in total. The molecule has 54 heavy (non-hydrogen) atoms. The highest BCUT2D eigenvalue weighted by Gasteiger charge is 2.42. The molecule has 0 radical (unpaired) electrons. The molecule has 0 atom stereocenters. The third kappa shape index (κ3) is 4.65. The summed E-state index contributed by atoms with van der Waals surface area (Å²) in [7, 11) is 0. The maximum Gasteiger partial charge on any atom is 0.256 e. The second kappa shape index (κ2) is 12.0. The van der Waals surface area contributed by atoms with Gasteiger partial charge in [0.1, 0.15) is 11.5 Å². The van der Waals surface area contributed by atoms with Crippen LogP contribution in [0.2, 0.25) is 0 Å². The number of aromatic nitrogens is 1. The summed E-state index contributed by atoms with van der Waals surface area (Å²) >= 11 is 0. The molecule has 11 rings (SSSR count). The molecule has 2 aliphatic rings. The molecular weight excluding hydrogens is 657 g/mol. The van der Waals surface area contributed by atoms with E-state index in [1.165, 1.54) is 38.7 Å². The zero-order chi connectivity index (χ0) is 35.8. The minimum atomic E-state index is 0.00404. The molecule has 2 aliphatic heterocycles. The maximum absolute atomic E-state index is 7.01. The lowest BCUT2D eigenvalue weighted by molar-refractivity contribution is 0.488. The first-order valence-corrected chi connectivity index (χ1v) is 18.6. The lowest BCUT2D eigenvalue weighted by Crippen LogP contribution is -2.59. The fraction of sp³-hybridized carbons (Fsp3) is 0.0204. The van der Waals surface area contributed by atoms with E-state index in [2.05, 4.69) is 209 Å². The Bertz CT molecular complexity index is 2830. The first kappa shape index (κ1) is 30.6. The molecule has 0 unspecified atom stereocenters. The lowest BCUT2D eigenvalue weighted by Gasteiger charge is -2.40. The summed E-state index contributed by atoms with van der Waals surface area (Å²) in [6, 6.07) is 67.6. The van der Waals surface area contributed by atoms with Gasteiger partial charge in [-0.15, -0.1) is 0 Å². The number of anilines is 6. The Balaban J connectivity index is 1.18. The molecule has 3 heterocycles. The molecule has 0 saturated heterocycles. The Kier molecular flexibility index (Phi) is 6.83. The molecule has 0 bridgehead atoms. The van der Waals surface area contributed by atoms with Gasteiger partial charge in [0.2, 0.25) is 0 Å². The molecular formula is C49H34BN3O. The summed E-state index contributed by atoms with van der Waals surface area (Å²) in [5.74, 6) is 1.83. The Morgan fingerprint density at radius 3 is 1.78 bits per heavy atom. The highest BCUT2D eigenvalue weighted by Crippen LogP contribution is 2.44. The van der Waals surface area contributed by atoms with Crippen LogP contribution >= 0.6 is 0 Å². The van der Waals surface area contributed by atoms with E-state index in [1.807, 2.05) is 0 Å². The zero-order valence-corrected chi connectivity index (χ0v) is 29.7. The Labute approximate surface area is 314 Å². The van der Waals surface area contributed by atoms with Crippen LogP contribution in [0.15, 0.2) is 188 Å². The predicted octanol–water partition coefficient (Wildman–Crippen LogP) is 11.0. The minimum absolute atomic E-state index is 0.00404. The van der Waals surface area contributed by atoms with E-state index in [0.717, 1.165) is 56.4 Å². The van der Waals surface area contributed by atoms with E-state index in [4.69, 9.17) is 4.74 Å². The molecule has 0 fully saturated rings. The van der Waals surface area contributed by atoms with Crippen LogP contribution < -0.4 is 30.9 Å². The van der Waals surface area contributed by atoms with Crippen molar-refractivity contribution in [2.24, 2.45) is 0 Å². The highest BCUT2D eigenvalue weighted by atomic mass is 16.5. The van der Waals surface area contributed by atoms with Gasteiger partial charge in [-0.25, -0.2) is 0 Å². The van der Waals surface area contributed by atoms with Crippen LogP contribution in [0.5, 0.6) is 11.5 Å². The van der Waals surface area contributed by atoms with Gasteiger partial charge >= 0.3 is 0 Å². The van der Waals surface area contributed by atoms with Crippen molar-refractivity contribution in [2.45, 2.75) is 6.92 Å². The molecule has 8 aromatic carbocycles. The number of para-hydroxylation sites is 5. The van der Waals surface area contributed by atoms with Gasteiger partial charge in [-0.1, -0.05) is 97.1 Å². The average molecular weight is 692 g/mol. The number of benzene rings is 8. The van der Waals surface area contributed by atoms with Crippen LogP contribution in [0.1, 0.15) is 5.56 Å². The maximum atomic E-state index is 7.01. The molecule has 0 N–H and O–H groups in total. The normalized spacial score (nSPS) is 12.6. The summed E-state index contributed by atoms with van der Waals surface area (Å²) in [5, 5.41) is 2.34. The van der Waals surface area contributed by atoms with E-state index in [-0.39, 0.29) is 6.71 Å². The number of fused-ring (bicyclic) bond motifs is 7. The molecule has 0 aliphatic carbocycles. The second-order valence-corrected chi connectivity index (χ2v) is 14.2. The van der Waals surface area contributed by atoms with Crippen molar-refractivity contribution in [3.63, 3.8) is 0 Å². The van der Waals surface area contributed by atoms with Gasteiger partial charge in [-0.2, -0.15) is 0 Å². The van der Waals surface area contributed by atoms with Crippen molar-refractivity contribution in [3.05, 3.63) is 194 Å². The Morgan fingerprint density at radius 2 is 1.07 bits per heavy atom. The monoisotopic (exact) mass is 691 g/mol. The summed E-state index contributed by atoms with van der Waals surface area (Å²) in [6.07, 6.45) is 0. The van der Waals surface area contributed by atoms with Gasteiger partial charge in [-0.3, -0.25) is 0 Å². The van der Waals surface area contributed by atoms with E-state index < -0.39 is 0 Å². The Morgan fingerprint density at radius 1 is 0.463 bits per heavy atom. The zero-order valence-electron chi connectivity index (χ0n) is 29.7. The van der Waals surface area contributed by atoms with Crippen molar-refractivity contribution in [1.82, 2.24) is 4.57 Å². The third-order valence-corrected chi connectivity index (χ3v) is 11.0. The van der Waals surface area contributed by atoms with Crippen molar-refractivity contribution >= 4 is 79.0 Å². The molecule has 9 aromatic rings. The molecule has 5 heteroatoms. The van der Waals surface area contributed by atoms with Gasteiger partial charge in [0.25, 0.3) is 6.71 Å². The first-order chi connectivity index (χ1) is 26.7. The summed E-state index contributed by atoms with van der Waals surface area (Å²) < 4.78 is 9.44. The number of nitrogens with zero attached hydrogens (tertiary/aromatic N) is 3. The lowest BCUT2D eigenvalue weighted by atomic mass is 9.34. The average Bonchev–Trinajstić information content (AvgIpc) is 3.53. The molecule has 1 aromatic heterocycles. The number of aryl methyl sites for hydroxylation is 1. The largest absolute Gasteiger partial charge is 0.458 e. The van der Waals surface area contributed by atoms with E-state index in [1.54, 1.807) is 0 Å². The molecule has 254 valence electrons. The van der Waals surface area contributed by atoms with Crippen molar-refractivity contribution in [2.75, 3.05) is 9.80 Å². The number of hydrogen-bond acceptors (Lipinski definition) is 3. The van der Waals surface area contributed by atoms with Gasteiger partial charge in [0.15, 0.2) is 0 Å². The quantitative estimate of drug-likeness (QED) is 0.168. The van der Waals surface area contributed by atoms with Gasteiger partial charge in [-0.05, 0) is 120 Å². The predicted molar refractivity (Wildman–Crippen MR) is 226 cm³/mol. The van der Waals surface area contributed by atoms with E-state index in [9.17, 15) is 0 Å². The van der Waals surface area contributed by atoms with Gasteiger partial charge in [0, 0.05) is 50.6 Å². The van der Waals surface area contributed by atoms with E-state index in [0.29, 0.717) is 0 Å². The smallest absolute Gasteiger partial charge is 0.256 e. The number of hydrogen-bond donors (Lipinski definition) is 0. The van der Waals surface area contributed by atoms with Crippen LogP contribution in [0, 0.1) is 6.92 Å². The number of rotatable bonds is 5. The third-order valence-electron chi connectivity index (χ3n) is 11.0. The number of ether oxygens (including phenoxy) is 1. The summed E-state index contributed by atoms with van der Waals surface area (Å²) in [6.45, 7) is 2.17. The fourth-order valence-corrected chi connectivity index (χ4v) is 8.78. The standard InChI is InChI=1S/C49H34BN3O/c1-33-28-46-49-48(29-33)54-47-31-40-39-27-26-38(51(34-16-6-2-7-17-34)35-18-8-3-9-19-35)30-44(39)53(37-22-12-5-13-23-37)45(40)32-42(47)50(49)41-24-14-15-25-43(41)52(46)36-20-10-4-11-21-36/h2-32H,1H3. The van der Waals surface area contributed by atoms with Gasteiger partial charge < -0.3 is 19.1 Å². The minimum Gasteiger partial charge on any atom is -0.458 e. The topological polar surface area (TPSA) is 20.6 Å². The molecule has 0 saturated carbocycles. The van der Waals surface area contributed by atoms with Crippen molar-refractivity contribution in [1.29, 1.82) is 0 Å². The van der Waals surface area contributed by atoms with Crippen LogP contribution in [-0.4, -0.2) is 11.3 Å². The summed E-state index contributed by atoms with van der Waals surface area (Å²) in [4.78, 5) is 4.73. The van der Waals surface area contributed by atoms with Crippen LogP contribution in [0.3, 0.4) is 0 Å². The second-order valence-electron chi connectivity index (χ2n) is 14.2. The molecule has 0 spiro atoms. The summed E-state index contributed by atoms with van der Waals surface area (Å²) in [5.41, 5.74) is 15.1. The fourth-order valence-electron chi connectivity index (χ4n) is 8.78. The SMILES string of the molecule is Cc1cc2c3c(c1)N(c1ccccc1)c1ccccc1B3c1cc3c(cc1O2)c1ccc(N(c2ccccc2)c2ccccc2)cc1n3-c1ccccc1. The van der Waals surface area contributed by atoms with Crippen LogP contribution in [0.4, 0.5) is 34.1 Å². The van der Waals surface area contributed by atoms with Gasteiger partial charge in [0.05, 0.1) is 11.0 Å².